The summed E-state index contributed by atoms with van der Waals surface area (Å²) in [5.74, 6) is 1.67. The molecule has 3 aromatic carbocycles. The minimum absolute atomic E-state index is 0.834. The topological polar surface area (TPSA) is 31.4 Å². The second kappa shape index (κ2) is 6.89. The third-order valence-electron chi connectivity index (χ3n) is 4.54. The van der Waals surface area contributed by atoms with Crippen LogP contribution in [0.4, 0.5) is 0 Å². The standard InChI is InChI=1S/C23H19NO2/c1-25-19-11-7-16(8-12-19)22-21-6-4-3-5-18(21)15-24-23(22)17-9-13-20(26-2)14-10-17/h3-15H,1-2H3. The van der Waals surface area contributed by atoms with Crippen molar-refractivity contribution in [1.82, 2.24) is 4.98 Å². The lowest BCUT2D eigenvalue weighted by Crippen LogP contribution is -1.92. The molecule has 1 heterocycles. The van der Waals surface area contributed by atoms with E-state index in [9.17, 15) is 0 Å². The Hall–Kier alpha value is -3.33. The molecule has 0 spiro atoms. The summed E-state index contributed by atoms with van der Waals surface area (Å²) < 4.78 is 10.6. The van der Waals surface area contributed by atoms with E-state index in [1.165, 1.54) is 5.39 Å². The minimum Gasteiger partial charge on any atom is -0.497 e. The molecule has 0 aliphatic heterocycles. The lowest BCUT2D eigenvalue weighted by atomic mass is 9.94. The molecule has 3 nitrogen and oxygen atoms in total. The fourth-order valence-corrected chi connectivity index (χ4v) is 3.18. The molecule has 0 saturated heterocycles. The van der Waals surface area contributed by atoms with Crippen LogP contribution in [0, 0.1) is 0 Å². The van der Waals surface area contributed by atoms with Gasteiger partial charge in [0.1, 0.15) is 11.5 Å². The summed E-state index contributed by atoms with van der Waals surface area (Å²) in [7, 11) is 3.35. The van der Waals surface area contributed by atoms with Crippen molar-refractivity contribution in [3.05, 3.63) is 79.0 Å². The number of ether oxygens (including phenoxy) is 2. The zero-order valence-corrected chi connectivity index (χ0v) is 14.8. The van der Waals surface area contributed by atoms with Crippen molar-refractivity contribution in [3.8, 4) is 33.9 Å². The zero-order chi connectivity index (χ0) is 17.9. The van der Waals surface area contributed by atoms with Gasteiger partial charge in [-0.2, -0.15) is 0 Å². The molecule has 0 N–H and O–H groups in total. The van der Waals surface area contributed by atoms with E-state index in [1.54, 1.807) is 14.2 Å². The van der Waals surface area contributed by atoms with E-state index < -0.39 is 0 Å². The number of rotatable bonds is 4. The van der Waals surface area contributed by atoms with E-state index >= 15 is 0 Å². The van der Waals surface area contributed by atoms with Gasteiger partial charge in [0.2, 0.25) is 0 Å². The SMILES string of the molecule is COc1ccc(-c2ncc3ccccc3c2-c2ccc(OC)cc2)cc1. The van der Waals surface area contributed by atoms with Gasteiger partial charge in [0, 0.05) is 22.7 Å². The van der Waals surface area contributed by atoms with Crippen LogP contribution in [0.3, 0.4) is 0 Å². The monoisotopic (exact) mass is 341 g/mol. The second-order valence-electron chi connectivity index (χ2n) is 6.03. The van der Waals surface area contributed by atoms with Crippen molar-refractivity contribution in [2.75, 3.05) is 14.2 Å². The van der Waals surface area contributed by atoms with E-state index in [0.29, 0.717) is 0 Å². The molecule has 0 saturated carbocycles. The van der Waals surface area contributed by atoms with E-state index in [0.717, 1.165) is 39.3 Å². The number of methoxy groups -OCH3 is 2. The van der Waals surface area contributed by atoms with Crippen molar-refractivity contribution in [1.29, 1.82) is 0 Å². The zero-order valence-electron chi connectivity index (χ0n) is 14.8. The Balaban J connectivity index is 1.96. The van der Waals surface area contributed by atoms with Gasteiger partial charge < -0.3 is 9.47 Å². The Morgan fingerprint density at radius 1 is 0.654 bits per heavy atom. The van der Waals surface area contributed by atoms with Crippen molar-refractivity contribution >= 4 is 10.8 Å². The number of hydrogen-bond acceptors (Lipinski definition) is 3. The fraction of sp³-hybridized carbons (Fsp3) is 0.0870. The molecular formula is C23H19NO2. The molecule has 0 radical (unpaired) electrons. The number of benzene rings is 3. The summed E-state index contributed by atoms with van der Waals surface area (Å²) in [5, 5.41) is 2.30. The maximum absolute atomic E-state index is 5.30. The molecule has 0 unspecified atom stereocenters. The second-order valence-corrected chi connectivity index (χ2v) is 6.03. The number of fused-ring (bicyclic) bond motifs is 1. The van der Waals surface area contributed by atoms with Gasteiger partial charge in [0.15, 0.2) is 0 Å². The van der Waals surface area contributed by atoms with E-state index in [2.05, 4.69) is 30.3 Å². The van der Waals surface area contributed by atoms with Gasteiger partial charge in [0.05, 0.1) is 19.9 Å². The third kappa shape index (κ3) is 2.88. The molecule has 0 amide bonds. The van der Waals surface area contributed by atoms with Crippen LogP contribution in [0.1, 0.15) is 0 Å². The molecule has 0 aliphatic carbocycles. The van der Waals surface area contributed by atoms with Gasteiger partial charge in [-0.25, -0.2) is 0 Å². The van der Waals surface area contributed by atoms with Crippen LogP contribution in [0.2, 0.25) is 0 Å². The summed E-state index contributed by atoms with van der Waals surface area (Å²) in [5.41, 5.74) is 4.25. The molecule has 26 heavy (non-hydrogen) atoms. The molecule has 3 heteroatoms. The van der Waals surface area contributed by atoms with Crippen molar-refractivity contribution in [2.45, 2.75) is 0 Å². The van der Waals surface area contributed by atoms with Crippen LogP contribution < -0.4 is 9.47 Å². The largest absolute Gasteiger partial charge is 0.497 e. The first kappa shape index (κ1) is 16.2. The Labute approximate surface area is 152 Å². The summed E-state index contributed by atoms with van der Waals surface area (Å²) in [6.45, 7) is 0. The summed E-state index contributed by atoms with van der Waals surface area (Å²) >= 11 is 0. The molecule has 0 atom stereocenters. The van der Waals surface area contributed by atoms with Crippen LogP contribution >= 0.6 is 0 Å². The first-order valence-corrected chi connectivity index (χ1v) is 8.47. The fourth-order valence-electron chi connectivity index (χ4n) is 3.18. The van der Waals surface area contributed by atoms with Crippen LogP contribution in [0.5, 0.6) is 11.5 Å². The average Bonchev–Trinajstić information content (AvgIpc) is 2.73. The third-order valence-corrected chi connectivity index (χ3v) is 4.54. The highest BCUT2D eigenvalue weighted by Crippen LogP contribution is 2.37. The molecule has 0 aliphatic rings. The van der Waals surface area contributed by atoms with Crippen molar-refractivity contribution in [2.24, 2.45) is 0 Å². The molecular weight excluding hydrogens is 322 g/mol. The molecule has 0 bridgehead atoms. The molecule has 1 aromatic heterocycles. The summed E-state index contributed by atoms with van der Waals surface area (Å²) in [6, 6.07) is 24.5. The number of hydrogen-bond donors (Lipinski definition) is 0. The van der Waals surface area contributed by atoms with Gasteiger partial charge in [0.25, 0.3) is 0 Å². The van der Waals surface area contributed by atoms with E-state index in [-0.39, 0.29) is 0 Å². The molecule has 128 valence electrons. The van der Waals surface area contributed by atoms with Gasteiger partial charge in [-0.15, -0.1) is 0 Å². The Morgan fingerprint density at radius 2 is 1.23 bits per heavy atom. The Morgan fingerprint density at radius 3 is 1.85 bits per heavy atom. The Bertz CT molecular complexity index is 1040. The van der Waals surface area contributed by atoms with Gasteiger partial charge in [-0.1, -0.05) is 36.4 Å². The lowest BCUT2D eigenvalue weighted by molar-refractivity contribution is 0.414. The van der Waals surface area contributed by atoms with Gasteiger partial charge in [-0.05, 0) is 47.3 Å². The number of nitrogens with zero attached hydrogens (tertiary/aromatic N) is 1. The Kier molecular flexibility index (Phi) is 4.28. The maximum atomic E-state index is 5.30. The highest BCUT2D eigenvalue weighted by Gasteiger charge is 2.13. The summed E-state index contributed by atoms with van der Waals surface area (Å²) in [6.07, 6.45) is 1.93. The number of aromatic nitrogens is 1. The normalized spacial score (nSPS) is 10.7. The maximum Gasteiger partial charge on any atom is 0.118 e. The smallest absolute Gasteiger partial charge is 0.118 e. The van der Waals surface area contributed by atoms with Crippen molar-refractivity contribution < 1.29 is 9.47 Å². The van der Waals surface area contributed by atoms with E-state index in [4.69, 9.17) is 14.5 Å². The van der Waals surface area contributed by atoms with Crippen LogP contribution in [0.25, 0.3) is 33.2 Å². The summed E-state index contributed by atoms with van der Waals surface area (Å²) in [4.78, 5) is 4.78. The molecule has 4 rings (SSSR count). The first-order valence-electron chi connectivity index (χ1n) is 8.47. The molecule has 4 aromatic rings. The quantitative estimate of drug-likeness (QED) is 0.485. The lowest BCUT2D eigenvalue weighted by Gasteiger charge is -2.14. The number of pyridine rings is 1. The van der Waals surface area contributed by atoms with Gasteiger partial charge in [-0.3, -0.25) is 4.98 Å². The van der Waals surface area contributed by atoms with Crippen molar-refractivity contribution in [3.63, 3.8) is 0 Å². The van der Waals surface area contributed by atoms with Crippen LogP contribution in [-0.4, -0.2) is 19.2 Å². The van der Waals surface area contributed by atoms with Crippen LogP contribution in [0.15, 0.2) is 79.0 Å². The highest BCUT2D eigenvalue weighted by atomic mass is 16.5. The predicted octanol–water partition coefficient (Wildman–Crippen LogP) is 5.59. The predicted molar refractivity (Wildman–Crippen MR) is 106 cm³/mol. The highest BCUT2D eigenvalue weighted by molar-refractivity contribution is 6.02. The first-order chi connectivity index (χ1) is 12.8. The average molecular weight is 341 g/mol. The van der Waals surface area contributed by atoms with Crippen LogP contribution in [-0.2, 0) is 0 Å². The van der Waals surface area contributed by atoms with Gasteiger partial charge >= 0.3 is 0 Å². The molecule has 0 fully saturated rings. The minimum atomic E-state index is 0.834. The van der Waals surface area contributed by atoms with E-state index in [1.807, 2.05) is 48.7 Å².